The van der Waals surface area contributed by atoms with Crippen molar-refractivity contribution in [3.8, 4) is 5.75 Å². The number of amides is 10. The van der Waals surface area contributed by atoms with E-state index < -0.39 is 138 Å². The standard InChI is InChI=1S/C60H81N19O13S2/c1-32(80)71-43(24-34-15-17-37(81)18-16-34)54(88)72-41(14-8-22-68-60(64)65)52(86)79-48(30-94)58(92)74-42(19-20-49(82)83)53(87)77-46(26-36-28-66-31-70-36)57(91)75-44(23-33-9-3-2-4-10-33)55(89)73-40(13-7-21-67-59(62)63)51(85)76-45(56(90)78-47(29-93)50(61)84)25-35-27-69-39-12-6-5-11-38(35)39/h2-6,9-12,15-18,27-28,31,40-48,69,81,93-94H,7-8,13-14,19-26,29-30H2,1H3,(H2,61,84)(H,66,70)(H,71,80)(H,72,88)(H,73,89)(H,74,92)(H,75,91)(H,76,85)(H,77,87)(H,78,90)(H,79,86)(H,82,83)(H4,62,63,67)(H4,64,65,68)/t40-,41+,42-,43-,44+,45-,46-,47-,48-/m0/s1. The fourth-order valence-corrected chi connectivity index (χ4v) is 10.1. The lowest BCUT2D eigenvalue weighted by atomic mass is 10.0. The van der Waals surface area contributed by atoms with E-state index in [0.29, 0.717) is 16.7 Å². The molecule has 0 bridgehead atoms. The molecule has 0 aliphatic carbocycles. The monoisotopic (exact) mass is 1340 g/mol. The molecule has 0 fully saturated rings. The number of rotatable bonds is 39. The molecule has 2 aromatic heterocycles. The summed E-state index contributed by atoms with van der Waals surface area (Å²) in [7, 11) is 0. The minimum atomic E-state index is -1.73. The van der Waals surface area contributed by atoms with E-state index in [4.69, 9.17) is 28.7 Å². The zero-order valence-electron chi connectivity index (χ0n) is 51.3. The lowest BCUT2D eigenvalue weighted by Gasteiger charge is -2.28. The molecule has 5 rings (SSSR count). The number of aromatic hydroxyl groups is 1. The van der Waals surface area contributed by atoms with Gasteiger partial charge < -0.3 is 96.7 Å². The van der Waals surface area contributed by atoms with Crippen molar-refractivity contribution in [2.24, 2.45) is 38.7 Å². The Morgan fingerprint density at radius 2 is 0.926 bits per heavy atom. The van der Waals surface area contributed by atoms with E-state index >= 15 is 0 Å². The van der Waals surface area contributed by atoms with Gasteiger partial charge in [-0.1, -0.05) is 60.7 Å². The summed E-state index contributed by atoms with van der Waals surface area (Å²) in [5, 5.41) is 43.6. The van der Waals surface area contributed by atoms with Crippen LogP contribution in [0.2, 0.25) is 0 Å². The van der Waals surface area contributed by atoms with Crippen LogP contribution in [-0.4, -0.2) is 181 Å². The molecule has 0 aliphatic heterocycles. The summed E-state index contributed by atoms with van der Waals surface area (Å²) in [4.78, 5) is 169. The molecule has 34 heteroatoms. The number of guanidine groups is 2. The Kier molecular flexibility index (Phi) is 29.9. The third-order valence-corrected chi connectivity index (χ3v) is 15.2. The molecule has 32 nitrogen and oxygen atoms in total. The molecule has 0 radical (unpaired) electrons. The first-order valence-electron chi connectivity index (χ1n) is 29.7. The topological polar surface area (TPSA) is 536 Å². The van der Waals surface area contributed by atoms with Gasteiger partial charge in [0.1, 0.15) is 60.1 Å². The van der Waals surface area contributed by atoms with Gasteiger partial charge in [0, 0.05) is 92.6 Å². The number of carbonyl (C=O) groups is 11. The molecular formula is C60H81N19O13S2. The Balaban J connectivity index is 1.42. The van der Waals surface area contributed by atoms with Crippen molar-refractivity contribution in [2.75, 3.05) is 24.6 Å². The SMILES string of the molecule is CC(=O)N[C@@H](Cc1ccc(O)cc1)C(=O)N[C@H](CCCN=C(N)N)C(=O)N[C@@H](CS)C(=O)N[C@@H](CCC(=O)O)C(=O)N[C@@H](Cc1cnc[nH]1)C(=O)N[C@H](Cc1ccccc1)C(=O)N[C@@H](CCCN=C(N)N)C(=O)N[C@@H](Cc1c[nH]c2ccccc12)C(=O)N[C@@H](CS)C(N)=O. The van der Waals surface area contributed by atoms with Crippen LogP contribution in [-0.2, 0) is 78.4 Å². The maximum Gasteiger partial charge on any atom is 0.303 e. The molecule has 0 unspecified atom stereocenters. The number of carbonyl (C=O) groups excluding carboxylic acids is 10. The second-order valence-corrected chi connectivity index (χ2v) is 22.5. The van der Waals surface area contributed by atoms with E-state index in [0.717, 1.165) is 10.9 Å². The smallest absolute Gasteiger partial charge is 0.303 e. The predicted octanol–water partition coefficient (Wildman–Crippen LogP) is -3.43. The van der Waals surface area contributed by atoms with Crippen molar-refractivity contribution in [1.29, 1.82) is 0 Å². The van der Waals surface area contributed by atoms with Crippen LogP contribution in [0.3, 0.4) is 0 Å². The number of aromatic amines is 2. The Morgan fingerprint density at radius 1 is 0.500 bits per heavy atom. The van der Waals surface area contributed by atoms with Crippen LogP contribution in [0.15, 0.2) is 108 Å². The van der Waals surface area contributed by atoms with Gasteiger partial charge in [-0.25, -0.2) is 4.98 Å². The van der Waals surface area contributed by atoms with Crippen molar-refractivity contribution in [3.63, 3.8) is 0 Å². The van der Waals surface area contributed by atoms with Crippen molar-refractivity contribution in [2.45, 2.75) is 126 Å². The van der Waals surface area contributed by atoms with Gasteiger partial charge in [0.2, 0.25) is 59.1 Å². The molecular weight excluding hydrogens is 1260 g/mol. The fraction of sp³-hybridized carbons (Fsp3) is 0.400. The Morgan fingerprint density at radius 3 is 1.40 bits per heavy atom. The average molecular weight is 1340 g/mol. The number of nitrogens with one attached hydrogen (secondary N) is 11. The van der Waals surface area contributed by atoms with Gasteiger partial charge in [-0.15, -0.1) is 0 Å². The largest absolute Gasteiger partial charge is 0.508 e. The lowest BCUT2D eigenvalue weighted by molar-refractivity contribution is -0.138. The summed E-state index contributed by atoms with van der Waals surface area (Å²) in [6, 6.07) is 8.31. The highest BCUT2D eigenvalue weighted by Crippen LogP contribution is 2.20. The van der Waals surface area contributed by atoms with Crippen LogP contribution in [0, 0.1) is 0 Å². The number of hydrogen-bond donors (Lipinski definition) is 20. The number of aliphatic carboxylic acids is 1. The van der Waals surface area contributed by atoms with Gasteiger partial charge in [-0.2, -0.15) is 25.3 Å². The number of aliphatic imine (C=N–C) groups is 2. The number of phenolic OH excluding ortho intramolecular Hbond substituents is 1. The number of imidazole rings is 1. The molecule has 9 atom stereocenters. The molecule has 10 amide bonds. The first kappa shape index (κ1) is 74.3. The number of nitrogens with two attached hydrogens (primary N) is 5. The number of thiol groups is 2. The third-order valence-electron chi connectivity index (χ3n) is 14.4. The molecule has 0 saturated carbocycles. The summed E-state index contributed by atoms with van der Waals surface area (Å²) >= 11 is 8.43. The quantitative estimate of drug-likeness (QED) is 0.00788. The first-order valence-corrected chi connectivity index (χ1v) is 31.0. The molecule has 506 valence electrons. The summed E-state index contributed by atoms with van der Waals surface area (Å²) in [6.07, 6.45) is 2.29. The number of carboxylic acid groups (broad SMARTS) is 1. The summed E-state index contributed by atoms with van der Waals surface area (Å²) in [6.45, 7) is 1.20. The van der Waals surface area contributed by atoms with Crippen LogP contribution in [0.1, 0.15) is 67.8 Å². The molecule has 94 heavy (non-hydrogen) atoms. The average Bonchev–Trinajstić information content (AvgIpc) is 1.55. The van der Waals surface area contributed by atoms with Gasteiger partial charge in [0.05, 0.1) is 6.33 Å². The van der Waals surface area contributed by atoms with Gasteiger partial charge in [0.25, 0.3) is 0 Å². The number of aromatic nitrogens is 3. The Labute approximate surface area is 551 Å². The van der Waals surface area contributed by atoms with Crippen LogP contribution in [0.25, 0.3) is 10.9 Å². The molecule has 23 N–H and O–H groups in total. The van der Waals surface area contributed by atoms with Crippen molar-refractivity contribution < 1.29 is 63.0 Å². The molecule has 0 saturated heterocycles. The van der Waals surface area contributed by atoms with Crippen LogP contribution in [0.4, 0.5) is 0 Å². The fourth-order valence-electron chi connectivity index (χ4n) is 9.60. The number of H-pyrrole nitrogens is 2. The minimum Gasteiger partial charge on any atom is -0.508 e. The van der Waals surface area contributed by atoms with Crippen LogP contribution >= 0.6 is 25.3 Å². The summed E-state index contributed by atoms with van der Waals surface area (Å²) in [5.41, 5.74) is 30.4. The van der Waals surface area contributed by atoms with Crippen molar-refractivity contribution in [3.05, 3.63) is 120 Å². The second-order valence-electron chi connectivity index (χ2n) is 21.7. The molecule has 5 aromatic rings. The highest BCUT2D eigenvalue weighted by atomic mass is 32.1. The van der Waals surface area contributed by atoms with E-state index in [1.54, 1.807) is 54.7 Å². The number of benzene rings is 3. The number of phenols is 1. The lowest BCUT2D eigenvalue weighted by Crippen LogP contribution is -2.61. The zero-order valence-corrected chi connectivity index (χ0v) is 53.1. The van der Waals surface area contributed by atoms with E-state index in [1.165, 1.54) is 43.7 Å². The molecule has 3 aromatic carbocycles. The van der Waals surface area contributed by atoms with E-state index in [9.17, 15) is 63.0 Å². The number of nitrogens with zero attached hydrogens (tertiary/aromatic N) is 3. The zero-order chi connectivity index (χ0) is 68.9. The number of carboxylic acids is 1. The Hall–Kier alpha value is -10.4. The molecule has 2 heterocycles. The van der Waals surface area contributed by atoms with Gasteiger partial charge in [-0.3, -0.25) is 62.7 Å². The van der Waals surface area contributed by atoms with Gasteiger partial charge in [-0.05, 0) is 67.0 Å². The highest BCUT2D eigenvalue weighted by Gasteiger charge is 2.36. The van der Waals surface area contributed by atoms with Gasteiger partial charge in [0.15, 0.2) is 11.9 Å². The van der Waals surface area contributed by atoms with Gasteiger partial charge >= 0.3 is 5.97 Å². The normalized spacial score (nSPS) is 13.8. The maximum absolute atomic E-state index is 14.8. The summed E-state index contributed by atoms with van der Waals surface area (Å²) in [5.74, 6) is -11.4. The van der Waals surface area contributed by atoms with E-state index in [2.05, 4.69) is 98.0 Å². The van der Waals surface area contributed by atoms with Crippen LogP contribution in [0.5, 0.6) is 5.75 Å². The third kappa shape index (κ3) is 25.0. The maximum atomic E-state index is 14.8. The number of para-hydroxylation sites is 1. The number of primary amides is 1. The van der Waals surface area contributed by atoms with Crippen molar-refractivity contribution in [1.82, 2.24) is 62.8 Å². The molecule has 0 aliphatic rings. The Bertz CT molecular complexity index is 3460. The number of fused-ring (bicyclic) bond motifs is 1. The summed E-state index contributed by atoms with van der Waals surface area (Å²) < 4.78 is 0. The minimum absolute atomic E-state index is 0.00353. The van der Waals surface area contributed by atoms with Crippen LogP contribution < -0.4 is 76.5 Å². The number of hydrogen-bond acceptors (Lipinski definition) is 17. The highest BCUT2D eigenvalue weighted by molar-refractivity contribution is 7.80. The molecule has 0 spiro atoms. The van der Waals surface area contributed by atoms with E-state index in [1.807, 2.05) is 6.07 Å². The first-order chi connectivity index (χ1) is 44.8. The van der Waals surface area contributed by atoms with E-state index in [-0.39, 0.29) is 93.6 Å². The predicted molar refractivity (Wildman–Crippen MR) is 353 cm³/mol. The second kappa shape index (κ2) is 37.8. The van der Waals surface area contributed by atoms with Crippen molar-refractivity contribution >= 4 is 113 Å².